The standard InChI is InChI=1S/C15H25N5O/c1-4-7-13-18-14(17-5-2)12-15(19-13)20(9-6-8-16)10-11-21-3/h12H,4-7,9-11H2,1-3H3,(H,17,18,19). The fraction of sp³-hybridized carbons (Fsp3) is 0.667. The first-order chi connectivity index (χ1) is 10.2. The summed E-state index contributed by atoms with van der Waals surface area (Å²) in [4.78, 5) is 11.2. The predicted octanol–water partition coefficient (Wildman–Crippen LogP) is 2.23. The lowest BCUT2D eigenvalue weighted by Crippen LogP contribution is -2.29. The summed E-state index contributed by atoms with van der Waals surface area (Å²) in [7, 11) is 1.68. The molecule has 1 heterocycles. The molecule has 21 heavy (non-hydrogen) atoms. The van der Waals surface area contributed by atoms with E-state index in [0.717, 1.165) is 36.8 Å². The number of aryl methyl sites for hydroxylation is 1. The lowest BCUT2D eigenvalue weighted by atomic mass is 10.3. The Hall–Kier alpha value is -1.87. The molecule has 0 saturated carbocycles. The average molecular weight is 291 g/mol. The van der Waals surface area contributed by atoms with Gasteiger partial charge in [0.15, 0.2) is 0 Å². The van der Waals surface area contributed by atoms with Gasteiger partial charge in [-0.1, -0.05) is 6.92 Å². The molecule has 116 valence electrons. The van der Waals surface area contributed by atoms with E-state index >= 15 is 0 Å². The highest BCUT2D eigenvalue weighted by Gasteiger charge is 2.11. The molecular formula is C15H25N5O. The fourth-order valence-corrected chi connectivity index (χ4v) is 1.98. The molecule has 0 unspecified atom stereocenters. The van der Waals surface area contributed by atoms with Crippen molar-refractivity contribution in [3.63, 3.8) is 0 Å². The van der Waals surface area contributed by atoms with Gasteiger partial charge in [0, 0.05) is 39.2 Å². The molecular weight excluding hydrogens is 266 g/mol. The van der Waals surface area contributed by atoms with E-state index < -0.39 is 0 Å². The summed E-state index contributed by atoms with van der Waals surface area (Å²) in [6, 6.07) is 4.12. The summed E-state index contributed by atoms with van der Waals surface area (Å²) in [5.41, 5.74) is 0. The van der Waals surface area contributed by atoms with E-state index in [0.29, 0.717) is 26.1 Å². The second-order valence-electron chi connectivity index (χ2n) is 4.70. The normalized spacial score (nSPS) is 10.2. The third kappa shape index (κ3) is 5.96. The van der Waals surface area contributed by atoms with Crippen LogP contribution in [0.25, 0.3) is 0 Å². The first-order valence-corrected chi connectivity index (χ1v) is 7.47. The topological polar surface area (TPSA) is 74.1 Å². The summed E-state index contributed by atoms with van der Waals surface area (Å²) >= 11 is 0. The van der Waals surface area contributed by atoms with Crippen molar-refractivity contribution >= 4 is 11.6 Å². The lowest BCUT2D eigenvalue weighted by Gasteiger charge is -2.23. The molecule has 0 fully saturated rings. The van der Waals surface area contributed by atoms with Gasteiger partial charge in [0.25, 0.3) is 0 Å². The number of nitriles is 1. The Kier molecular flexibility index (Phi) is 8.14. The van der Waals surface area contributed by atoms with E-state index in [9.17, 15) is 0 Å². The molecule has 1 rings (SSSR count). The molecule has 1 aromatic heterocycles. The molecule has 0 spiro atoms. The van der Waals surface area contributed by atoms with Gasteiger partial charge in [0.1, 0.15) is 17.5 Å². The van der Waals surface area contributed by atoms with Gasteiger partial charge < -0.3 is 15.0 Å². The molecule has 1 N–H and O–H groups in total. The maximum absolute atomic E-state index is 8.81. The molecule has 6 heteroatoms. The highest BCUT2D eigenvalue weighted by molar-refractivity contribution is 5.49. The van der Waals surface area contributed by atoms with Gasteiger partial charge in [-0.3, -0.25) is 0 Å². The summed E-state index contributed by atoms with van der Waals surface area (Å²) in [6.45, 7) is 6.94. The van der Waals surface area contributed by atoms with Crippen LogP contribution in [0.1, 0.15) is 32.5 Å². The number of aromatic nitrogens is 2. The Morgan fingerprint density at radius 1 is 1.33 bits per heavy atom. The van der Waals surface area contributed by atoms with Gasteiger partial charge in [0.05, 0.1) is 19.1 Å². The van der Waals surface area contributed by atoms with Crippen molar-refractivity contribution in [2.24, 2.45) is 0 Å². The van der Waals surface area contributed by atoms with Crippen molar-refractivity contribution in [2.75, 3.05) is 43.6 Å². The molecule has 0 saturated heterocycles. The number of nitrogens with zero attached hydrogens (tertiary/aromatic N) is 4. The third-order valence-corrected chi connectivity index (χ3v) is 2.97. The summed E-state index contributed by atoms with van der Waals surface area (Å²) in [5.74, 6) is 2.53. The Bertz CT molecular complexity index is 434. The van der Waals surface area contributed by atoms with Crippen molar-refractivity contribution in [3.05, 3.63) is 11.9 Å². The first kappa shape index (κ1) is 17.2. The molecule has 0 aliphatic rings. The largest absolute Gasteiger partial charge is 0.383 e. The van der Waals surface area contributed by atoms with Gasteiger partial charge in [-0.2, -0.15) is 5.26 Å². The highest BCUT2D eigenvalue weighted by Crippen LogP contribution is 2.17. The quantitative estimate of drug-likeness (QED) is 0.712. The maximum Gasteiger partial charge on any atom is 0.134 e. The Morgan fingerprint density at radius 3 is 2.76 bits per heavy atom. The summed E-state index contributed by atoms with van der Waals surface area (Å²) < 4.78 is 5.15. The van der Waals surface area contributed by atoms with E-state index in [1.165, 1.54) is 0 Å². The molecule has 1 aromatic rings. The zero-order chi connectivity index (χ0) is 15.5. The van der Waals surface area contributed by atoms with E-state index in [1.807, 2.05) is 13.0 Å². The van der Waals surface area contributed by atoms with Crippen molar-refractivity contribution in [3.8, 4) is 6.07 Å². The van der Waals surface area contributed by atoms with Crippen LogP contribution in [0.4, 0.5) is 11.6 Å². The second kappa shape index (κ2) is 9.94. The van der Waals surface area contributed by atoms with Crippen molar-refractivity contribution in [2.45, 2.75) is 33.1 Å². The van der Waals surface area contributed by atoms with Crippen LogP contribution < -0.4 is 10.2 Å². The SMILES string of the molecule is CCCc1nc(NCC)cc(N(CCC#N)CCOC)n1. The van der Waals surface area contributed by atoms with Gasteiger partial charge in [-0.25, -0.2) is 9.97 Å². The van der Waals surface area contributed by atoms with Gasteiger partial charge in [-0.15, -0.1) is 0 Å². The van der Waals surface area contributed by atoms with Crippen LogP contribution in [0.3, 0.4) is 0 Å². The fourth-order valence-electron chi connectivity index (χ4n) is 1.98. The molecule has 0 bridgehead atoms. The number of nitrogens with one attached hydrogen (secondary N) is 1. The third-order valence-electron chi connectivity index (χ3n) is 2.97. The van der Waals surface area contributed by atoms with Crippen molar-refractivity contribution in [1.82, 2.24) is 9.97 Å². The van der Waals surface area contributed by atoms with Crippen LogP contribution in [0.2, 0.25) is 0 Å². The minimum Gasteiger partial charge on any atom is -0.383 e. The van der Waals surface area contributed by atoms with Gasteiger partial charge in [0.2, 0.25) is 0 Å². The minimum atomic E-state index is 0.466. The zero-order valence-electron chi connectivity index (χ0n) is 13.2. The highest BCUT2D eigenvalue weighted by atomic mass is 16.5. The van der Waals surface area contributed by atoms with E-state index in [4.69, 9.17) is 10.00 Å². The molecule has 0 atom stereocenters. The summed E-state index contributed by atoms with van der Waals surface area (Å²) in [6.07, 6.45) is 2.32. The van der Waals surface area contributed by atoms with Crippen molar-refractivity contribution in [1.29, 1.82) is 5.26 Å². The molecule has 0 aliphatic carbocycles. The van der Waals surface area contributed by atoms with Crippen LogP contribution in [0, 0.1) is 11.3 Å². The first-order valence-electron chi connectivity index (χ1n) is 7.47. The molecule has 0 aromatic carbocycles. The van der Waals surface area contributed by atoms with Crippen LogP contribution in [0.15, 0.2) is 6.07 Å². The van der Waals surface area contributed by atoms with Crippen LogP contribution in [-0.2, 0) is 11.2 Å². The summed E-state index contributed by atoms with van der Waals surface area (Å²) in [5, 5.41) is 12.1. The molecule has 0 radical (unpaired) electrons. The smallest absolute Gasteiger partial charge is 0.134 e. The van der Waals surface area contributed by atoms with Gasteiger partial charge in [-0.05, 0) is 13.3 Å². The number of anilines is 2. The number of hydrogen-bond donors (Lipinski definition) is 1. The number of ether oxygens (including phenoxy) is 1. The Balaban J connectivity index is 2.99. The van der Waals surface area contributed by atoms with Crippen LogP contribution in [-0.4, -0.2) is 43.3 Å². The molecule has 6 nitrogen and oxygen atoms in total. The van der Waals surface area contributed by atoms with Crippen LogP contribution >= 0.6 is 0 Å². The molecule has 0 amide bonds. The second-order valence-corrected chi connectivity index (χ2v) is 4.70. The lowest BCUT2D eigenvalue weighted by molar-refractivity contribution is 0.205. The van der Waals surface area contributed by atoms with E-state index in [2.05, 4.69) is 33.2 Å². The Morgan fingerprint density at radius 2 is 2.14 bits per heavy atom. The Labute approximate surface area is 127 Å². The number of methoxy groups -OCH3 is 1. The average Bonchev–Trinajstić information content (AvgIpc) is 2.48. The number of hydrogen-bond acceptors (Lipinski definition) is 6. The van der Waals surface area contributed by atoms with Gasteiger partial charge >= 0.3 is 0 Å². The van der Waals surface area contributed by atoms with Crippen molar-refractivity contribution < 1.29 is 4.74 Å². The predicted molar refractivity (Wildman–Crippen MR) is 84.5 cm³/mol. The number of rotatable bonds is 10. The monoisotopic (exact) mass is 291 g/mol. The molecule has 0 aliphatic heterocycles. The van der Waals surface area contributed by atoms with E-state index in [-0.39, 0.29) is 0 Å². The van der Waals surface area contributed by atoms with Crippen LogP contribution in [0.5, 0.6) is 0 Å². The van der Waals surface area contributed by atoms with E-state index in [1.54, 1.807) is 7.11 Å². The minimum absolute atomic E-state index is 0.466. The zero-order valence-corrected chi connectivity index (χ0v) is 13.2. The maximum atomic E-state index is 8.81.